The normalized spacial score (nSPS) is 37.5. The van der Waals surface area contributed by atoms with E-state index < -0.39 is 9.99 Å². The molecule has 0 heterocycles. The van der Waals surface area contributed by atoms with Crippen molar-refractivity contribution >= 4 is 21.7 Å². The number of ketones is 1. The molecule has 0 aromatic rings. The number of Topliss-reactive ketones (excluding diaryl/α,β-unsaturated/α-hetero) is 1. The highest BCUT2D eigenvalue weighted by Crippen LogP contribution is 2.54. The van der Waals surface area contributed by atoms with E-state index in [1.807, 2.05) is 13.8 Å². The van der Waals surface area contributed by atoms with Gasteiger partial charge >= 0.3 is 0 Å². The fraction of sp³-hybridized carbons (Fsp3) is 0.900. The smallest absolute Gasteiger partial charge is 0.227 e. The molecule has 0 aromatic carbocycles. The van der Waals surface area contributed by atoms with Crippen LogP contribution in [0.3, 0.4) is 0 Å². The second kappa shape index (κ2) is 2.78. The number of hydrogen-bond donors (Lipinski definition) is 0. The first kappa shape index (κ1) is 11.2. The molecule has 0 radical (unpaired) electrons. The van der Waals surface area contributed by atoms with Crippen molar-refractivity contribution in [2.75, 3.05) is 0 Å². The third-order valence-corrected chi connectivity index (χ3v) is 4.28. The van der Waals surface area contributed by atoms with E-state index in [0.717, 1.165) is 0 Å². The van der Waals surface area contributed by atoms with E-state index in [-0.39, 0.29) is 11.2 Å². The number of halogens is 2. The van der Waals surface area contributed by atoms with Crippen LogP contribution in [-0.2, 0) is 4.79 Å². The number of rotatable bonds is 0. The lowest BCUT2D eigenvalue weighted by molar-refractivity contribution is -0.139. The summed E-state index contributed by atoms with van der Waals surface area (Å²) in [6, 6.07) is 0. The SMILES string of the molecule is CC1(C)CC(=O)C(F)(Br)C(C)(C)C1. The van der Waals surface area contributed by atoms with Crippen LogP contribution in [-0.4, -0.2) is 10.4 Å². The molecule has 0 bridgehead atoms. The van der Waals surface area contributed by atoms with Crippen LogP contribution in [0.1, 0.15) is 40.5 Å². The zero-order chi connectivity index (χ0) is 10.5. The Hall–Kier alpha value is 0.0800. The quantitative estimate of drug-likeness (QED) is 0.602. The van der Waals surface area contributed by atoms with E-state index in [4.69, 9.17) is 0 Å². The summed E-state index contributed by atoms with van der Waals surface area (Å²) in [5, 5.41) is 0. The van der Waals surface area contributed by atoms with Crippen LogP contribution in [0, 0.1) is 10.8 Å². The summed E-state index contributed by atoms with van der Waals surface area (Å²) >= 11 is 2.91. The Bertz CT molecular complexity index is 243. The van der Waals surface area contributed by atoms with Crippen molar-refractivity contribution in [2.45, 2.75) is 45.1 Å². The van der Waals surface area contributed by atoms with E-state index in [2.05, 4.69) is 15.9 Å². The Labute approximate surface area is 87.2 Å². The number of alkyl halides is 2. The number of hydrogen-bond acceptors (Lipinski definition) is 1. The molecule has 13 heavy (non-hydrogen) atoms. The third kappa shape index (κ3) is 1.80. The van der Waals surface area contributed by atoms with Gasteiger partial charge in [-0.15, -0.1) is 0 Å². The lowest BCUT2D eigenvalue weighted by atomic mass is 9.64. The molecule has 1 rings (SSSR count). The molecule has 1 aliphatic carbocycles. The van der Waals surface area contributed by atoms with Gasteiger partial charge < -0.3 is 0 Å². The molecule has 1 unspecified atom stereocenters. The Balaban J connectivity index is 3.03. The van der Waals surface area contributed by atoms with Crippen molar-refractivity contribution in [2.24, 2.45) is 10.8 Å². The van der Waals surface area contributed by atoms with Crippen molar-refractivity contribution in [3.05, 3.63) is 0 Å². The lowest BCUT2D eigenvalue weighted by Gasteiger charge is -2.46. The minimum atomic E-state index is -1.84. The van der Waals surface area contributed by atoms with Crippen LogP contribution >= 0.6 is 15.9 Å². The molecule has 76 valence electrons. The summed E-state index contributed by atoms with van der Waals surface area (Å²) in [7, 11) is 0. The van der Waals surface area contributed by atoms with Crippen LogP contribution in [0.25, 0.3) is 0 Å². The van der Waals surface area contributed by atoms with Crippen molar-refractivity contribution in [3.8, 4) is 0 Å². The highest BCUT2D eigenvalue weighted by Gasteiger charge is 2.56. The van der Waals surface area contributed by atoms with Gasteiger partial charge in [0.1, 0.15) is 0 Å². The molecule has 0 spiro atoms. The predicted molar refractivity (Wildman–Crippen MR) is 54.6 cm³/mol. The van der Waals surface area contributed by atoms with Gasteiger partial charge in [0.25, 0.3) is 0 Å². The van der Waals surface area contributed by atoms with Gasteiger partial charge in [-0.1, -0.05) is 27.7 Å². The largest absolute Gasteiger partial charge is 0.295 e. The average molecular weight is 251 g/mol. The standard InChI is InChI=1S/C10H16BrFO/c1-8(2)5-7(13)10(11,12)9(3,4)6-8/h5-6H2,1-4H3. The van der Waals surface area contributed by atoms with E-state index in [9.17, 15) is 9.18 Å². The zero-order valence-electron chi connectivity index (χ0n) is 8.58. The first-order valence-corrected chi connectivity index (χ1v) is 5.29. The minimum absolute atomic E-state index is 0.0794. The molecular formula is C10H16BrFO. The monoisotopic (exact) mass is 250 g/mol. The van der Waals surface area contributed by atoms with E-state index in [1.165, 1.54) is 0 Å². The first-order valence-electron chi connectivity index (χ1n) is 4.50. The van der Waals surface area contributed by atoms with E-state index >= 15 is 0 Å². The molecule has 0 aliphatic heterocycles. The van der Waals surface area contributed by atoms with Crippen LogP contribution in [0.15, 0.2) is 0 Å². The topological polar surface area (TPSA) is 17.1 Å². The molecular weight excluding hydrogens is 235 g/mol. The highest BCUT2D eigenvalue weighted by atomic mass is 79.9. The van der Waals surface area contributed by atoms with Gasteiger partial charge in [-0.05, 0) is 27.8 Å². The maximum atomic E-state index is 14.0. The summed E-state index contributed by atoms with van der Waals surface area (Å²) in [4.78, 5) is 11.5. The van der Waals surface area contributed by atoms with Gasteiger partial charge in [0.15, 0.2) is 5.78 Å². The summed E-state index contributed by atoms with van der Waals surface area (Å²) in [5.74, 6) is -0.325. The second-order valence-corrected chi connectivity index (χ2v) is 6.49. The van der Waals surface area contributed by atoms with Gasteiger partial charge in [-0.2, -0.15) is 0 Å². The fourth-order valence-corrected chi connectivity index (χ4v) is 2.57. The van der Waals surface area contributed by atoms with Gasteiger partial charge in [0, 0.05) is 11.8 Å². The maximum Gasteiger partial charge on any atom is 0.227 e. The fourth-order valence-electron chi connectivity index (χ4n) is 2.29. The Morgan fingerprint density at radius 1 is 1.31 bits per heavy atom. The maximum absolute atomic E-state index is 14.0. The zero-order valence-corrected chi connectivity index (χ0v) is 10.2. The predicted octanol–water partition coefficient (Wildman–Crippen LogP) is 3.46. The molecule has 0 N–H and O–H groups in total. The molecule has 1 atom stereocenters. The Morgan fingerprint density at radius 3 is 2.15 bits per heavy atom. The molecule has 0 aromatic heterocycles. The number of carbonyl (C=O) groups is 1. The molecule has 1 fully saturated rings. The Kier molecular flexibility index (Phi) is 2.39. The van der Waals surface area contributed by atoms with Crippen LogP contribution in [0.4, 0.5) is 4.39 Å². The number of carbonyl (C=O) groups excluding carboxylic acids is 1. The molecule has 1 nitrogen and oxygen atoms in total. The van der Waals surface area contributed by atoms with Crippen LogP contribution in [0.2, 0.25) is 0 Å². The molecule has 0 saturated heterocycles. The summed E-state index contributed by atoms with van der Waals surface area (Å²) in [6.07, 6.45) is 1.03. The van der Waals surface area contributed by atoms with E-state index in [0.29, 0.717) is 12.8 Å². The van der Waals surface area contributed by atoms with Crippen LogP contribution < -0.4 is 0 Å². The minimum Gasteiger partial charge on any atom is -0.295 e. The lowest BCUT2D eigenvalue weighted by Crippen LogP contribution is -2.50. The van der Waals surface area contributed by atoms with Gasteiger partial charge in [-0.25, -0.2) is 4.39 Å². The summed E-state index contributed by atoms with van der Waals surface area (Å²) in [5.41, 5.74) is -0.699. The Morgan fingerprint density at radius 2 is 1.77 bits per heavy atom. The van der Waals surface area contributed by atoms with Crippen LogP contribution in [0.5, 0.6) is 0 Å². The third-order valence-electron chi connectivity index (χ3n) is 2.76. The van der Waals surface area contributed by atoms with Crippen molar-refractivity contribution in [1.82, 2.24) is 0 Å². The summed E-state index contributed by atoms with van der Waals surface area (Å²) < 4.78 is 12.1. The van der Waals surface area contributed by atoms with Gasteiger partial charge in [0.05, 0.1) is 0 Å². The highest BCUT2D eigenvalue weighted by molar-refractivity contribution is 9.10. The van der Waals surface area contributed by atoms with E-state index in [1.54, 1.807) is 13.8 Å². The molecule has 0 amide bonds. The molecule has 3 heteroatoms. The van der Waals surface area contributed by atoms with Crippen molar-refractivity contribution in [1.29, 1.82) is 0 Å². The molecule has 1 saturated carbocycles. The second-order valence-electron chi connectivity index (χ2n) is 5.40. The first-order chi connectivity index (χ1) is 5.58. The van der Waals surface area contributed by atoms with Crippen molar-refractivity contribution < 1.29 is 9.18 Å². The van der Waals surface area contributed by atoms with Gasteiger partial charge in [0.2, 0.25) is 4.58 Å². The summed E-state index contributed by atoms with van der Waals surface area (Å²) in [6.45, 7) is 7.60. The average Bonchev–Trinajstić information content (AvgIpc) is 1.80. The van der Waals surface area contributed by atoms with Gasteiger partial charge in [-0.3, -0.25) is 4.79 Å². The molecule has 1 aliphatic rings. The van der Waals surface area contributed by atoms with Crippen molar-refractivity contribution in [3.63, 3.8) is 0 Å².